The van der Waals surface area contributed by atoms with Gasteiger partial charge in [-0.05, 0) is 36.4 Å². The van der Waals surface area contributed by atoms with E-state index in [2.05, 4.69) is 30.1 Å². The molecular formula is C40H41N9O5. The van der Waals surface area contributed by atoms with Crippen LogP contribution in [-0.4, -0.2) is 70.7 Å². The number of aromatic nitrogens is 8. The number of carbonyl (C=O) groups is 2. The number of primary amides is 1. The third-order valence-electron chi connectivity index (χ3n) is 8.45. The molecule has 0 saturated carbocycles. The molecule has 276 valence electrons. The van der Waals surface area contributed by atoms with Gasteiger partial charge >= 0.3 is 5.97 Å². The molecule has 4 heterocycles. The second-order valence-corrected chi connectivity index (χ2v) is 11.7. The van der Waals surface area contributed by atoms with Gasteiger partial charge in [-0.2, -0.15) is 10.2 Å². The molecule has 0 aliphatic rings. The lowest BCUT2D eigenvalue weighted by Gasteiger charge is -2.03. The number of hydrogen-bond donors (Lipinski definition) is 4. The zero-order chi connectivity index (χ0) is 36.5. The van der Waals surface area contributed by atoms with Gasteiger partial charge in [-0.25, -0.2) is 14.8 Å². The minimum atomic E-state index is -0.979. The van der Waals surface area contributed by atoms with E-state index in [0.717, 1.165) is 39.2 Å². The van der Waals surface area contributed by atoms with Gasteiger partial charge in [-0.1, -0.05) is 75.5 Å². The van der Waals surface area contributed by atoms with Crippen molar-refractivity contribution >= 4 is 33.9 Å². The molecule has 4 aromatic carbocycles. The average molecular weight is 728 g/mol. The summed E-state index contributed by atoms with van der Waals surface area (Å²) in [4.78, 5) is 38.1. The van der Waals surface area contributed by atoms with Gasteiger partial charge < -0.3 is 30.3 Å². The second-order valence-electron chi connectivity index (χ2n) is 11.7. The number of aryl methyl sites for hydroxylation is 2. The number of amides is 1. The van der Waals surface area contributed by atoms with E-state index in [1.54, 1.807) is 53.9 Å². The number of aromatic carboxylic acids is 1. The maximum atomic E-state index is 11.4. The summed E-state index contributed by atoms with van der Waals surface area (Å²) < 4.78 is 14.7. The van der Waals surface area contributed by atoms with Gasteiger partial charge in [0.15, 0.2) is 23.1 Å². The number of fused-ring (bicyclic) bond motifs is 2. The van der Waals surface area contributed by atoms with E-state index in [4.69, 9.17) is 20.3 Å². The number of carboxylic acid groups (broad SMARTS) is 1. The monoisotopic (exact) mass is 727 g/mol. The maximum absolute atomic E-state index is 11.4. The van der Waals surface area contributed by atoms with Gasteiger partial charge in [0.25, 0.3) is 0 Å². The van der Waals surface area contributed by atoms with E-state index < -0.39 is 11.9 Å². The Kier molecular flexibility index (Phi) is 11.0. The van der Waals surface area contributed by atoms with Crippen molar-refractivity contribution in [2.24, 2.45) is 19.8 Å². The first-order valence-corrected chi connectivity index (χ1v) is 16.0. The summed E-state index contributed by atoms with van der Waals surface area (Å²) in [6.07, 6.45) is 0. The lowest BCUT2D eigenvalue weighted by Crippen LogP contribution is -2.10. The molecule has 0 spiro atoms. The molecule has 54 heavy (non-hydrogen) atoms. The van der Waals surface area contributed by atoms with Crippen LogP contribution in [0.1, 0.15) is 35.6 Å². The van der Waals surface area contributed by atoms with Crippen LogP contribution in [0, 0.1) is 0 Å². The van der Waals surface area contributed by atoms with Gasteiger partial charge in [-0.15, -0.1) is 0 Å². The summed E-state index contributed by atoms with van der Waals surface area (Å²) in [5, 5.41) is 18.3. The zero-order valence-corrected chi connectivity index (χ0v) is 28.6. The van der Waals surface area contributed by atoms with Crippen LogP contribution in [0.25, 0.3) is 67.6 Å². The minimum Gasteiger partial charge on any atom is -0.492 e. The summed E-state index contributed by atoms with van der Waals surface area (Å²) in [6, 6.07) is 29.5. The number of carbonyl (C=O) groups excluding carboxylic acids is 1. The first-order chi connectivity index (χ1) is 25.2. The standard InChI is InChI=1S/C19H17N5O2.C19H16N4O3.2CH4/c1-24-16(17(26-2)15(23-24)11-6-4-3-5-7-11)19-21-13-9-8-12(18(20)25)10-14(13)22-19;1-23-16(17(26-2)15(22-23)11-6-4-3-5-7-11)18-20-13-9-8-12(19(24)25)10-14(13)21-18;;/h3-10H,1-2H3,(H2,20,25)(H,21,22);3-10H,1-2H3,(H,20,21)(H,24,25);2*1H4. The van der Waals surface area contributed by atoms with Crippen molar-refractivity contribution in [3.8, 4) is 57.1 Å². The van der Waals surface area contributed by atoms with E-state index >= 15 is 0 Å². The molecule has 8 rings (SSSR count). The van der Waals surface area contributed by atoms with Crippen LogP contribution in [0.5, 0.6) is 11.5 Å². The van der Waals surface area contributed by atoms with Crippen LogP contribution in [-0.2, 0) is 14.1 Å². The number of aromatic amines is 2. The highest BCUT2D eigenvalue weighted by atomic mass is 16.5. The number of benzene rings is 4. The van der Waals surface area contributed by atoms with Crippen LogP contribution in [0.3, 0.4) is 0 Å². The molecule has 0 atom stereocenters. The smallest absolute Gasteiger partial charge is 0.335 e. The molecule has 0 unspecified atom stereocenters. The summed E-state index contributed by atoms with van der Waals surface area (Å²) in [5.74, 6) is 0.955. The number of rotatable bonds is 8. The Balaban J connectivity index is 0.000000200. The van der Waals surface area contributed by atoms with E-state index in [-0.39, 0.29) is 20.4 Å². The van der Waals surface area contributed by atoms with E-state index in [9.17, 15) is 9.59 Å². The molecule has 0 saturated heterocycles. The molecule has 0 aliphatic heterocycles. The number of carboxylic acids is 1. The van der Waals surface area contributed by atoms with Crippen molar-refractivity contribution in [1.82, 2.24) is 39.5 Å². The molecule has 4 aromatic heterocycles. The normalized spacial score (nSPS) is 10.6. The van der Waals surface area contributed by atoms with Crippen LogP contribution >= 0.6 is 0 Å². The van der Waals surface area contributed by atoms with Gasteiger partial charge in [0, 0.05) is 30.8 Å². The summed E-state index contributed by atoms with van der Waals surface area (Å²) >= 11 is 0. The molecule has 14 nitrogen and oxygen atoms in total. The number of ether oxygens (including phenoxy) is 2. The number of hydrogen-bond acceptors (Lipinski definition) is 8. The fraction of sp³-hybridized carbons (Fsp3) is 0.150. The predicted octanol–water partition coefficient (Wildman–Crippen LogP) is 7.35. The highest BCUT2D eigenvalue weighted by Crippen LogP contribution is 2.39. The quantitative estimate of drug-likeness (QED) is 0.124. The number of imidazole rings is 2. The lowest BCUT2D eigenvalue weighted by atomic mass is 10.1. The molecule has 14 heteroatoms. The molecule has 1 amide bonds. The van der Waals surface area contributed by atoms with E-state index in [1.165, 1.54) is 6.07 Å². The molecule has 5 N–H and O–H groups in total. The van der Waals surface area contributed by atoms with E-state index in [1.807, 2.05) is 74.8 Å². The molecular weight excluding hydrogens is 686 g/mol. The highest BCUT2D eigenvalue weighted by molar-refractivity contribution is 5.97. The number of nitrogens with two attached hydrogens (primary N) is 1. The SMILES string of the molecule is C.C.COc1c(-c2ccccc2)nn(C)c1-c1nc2ccc(C(=O)O)cc2[nH]1.COc1c(-c2ccccc2)nn(C)c1-c1nc2ccc(C(N)=O)cc2[nH]1. The fourth-order valence-electron chi connectivity index (χ4n) is 6.02. The fourth-order valence-corrected chi connectivity index (χ4v) is 6.02. The molecule has 0 aliphatic carbocycles. The van der Waals surface area contributed by atoms with Crippen molar-refractivity contribution in [3.63, 3.8) is 0 Å². The Bertz CT molecular complexity index is 2410. The van der Waals surface area contributed by atoms with Gasteiger partial charge in [0.05, 0.1) is 41.8 Å². The van der Waals surface area contributed by atoms with Crippen molar-refractivity contribution < 1.29 is 24.2 Å². The Morgan fingerprint density at radius 1 is 0.648 bits per heavy atom. The Hall–Kier alpha value is -7.22. The van der Waals surface area contributed by atoms with Gasteiger partial charge in [0.1, 0.15) is 22.8 Å². The van der Waals surface area contributed by atoms with Crippen molar-refractivity contribution in [2.45, 2.75) is 14.9 Å². The summed E-state index contributed by atoms with van der Waals surface area (Å²) in [6.45, 7) is 0. The Labute approximate surface area is 311 Å². The number of nitrogens with one attached hydrogen (secondary N) is 2. The van der Waals surface area contributed by atoms with Crippen LogP contribution < -0.4 is 15.2 Å². The third kappa shape index (κ3) is 6.99. The predicted molar refractivity (Wildman–Crippen MR) is 210 cm³/mol. The van der Waals surface area contributed by atoms with E-state index in [0.29, 0.717) is 45.4 Å². The summed E-state index contributed by atoms with van der Waals surface area (Å²) in [5.41, 5.74) is 13.5. The number of H-pyrrole nitrogens is 2. The molecule has 0 fully saturated rings. The highest BCUT2D eigenvalue weighted by Gasteiger charge is 2.24. The third-order valence-corrected chi connectivity index (χ3v) is 8.45. The molecule has 0 bridgehead atoms. The zero-order valence-electron chi connectivity index (χ0n) is 28.6. The largest absolute Gasteiger partial charge is 0.492 e. The molecule has 8 aromatic rings. The number of methoxy groups -OCH3 is 2. The second kappa shape index (κ2) is 15.6. The topological polar surface area (TPSA) is 192 Å². The van der Waals surface area contributed by atoms with Crippen molar-refractivity contribution in [1.29, 1.82) is 0 Å². The van der Waals surface area contributed by atoms with Crippen LogP contribution in [0.2, 0.25) is 0 Å². The first kappa shape index (κ1) is 38.0. The average Bonchev–Trinajstić information content (AvgIpc) is 3.93. The maximum Gasteiger partial charge on any atom is 0.335 e. The van der Waals surface area contributed by atoms with Crippen molar-refractivity contribution in [3.05, 3.63) is 108 Å². The van der Waals surface area contributed by atoms with Crippen molar-refractivity contribution in [2.75, 3.05) is 14.2 Å². The number of nitrogens with zero attached hydrogens (tertiary/aromatic N) is 6. The van der Waals surface area contributed by atoms with Gasteiger partial charge in [0.2, 0.25) is 5.91 Å². The lowest BCUT2D eigenvalue weighted by molar-refractivity contribution is 0.0696. The Morgan fingerprint density at radius 3 is 1.44 bits per heavy atom. The summed E-state index contributed by atoms with van der Waals surface area (Å²) in [7, 11) is 6.87. The minimum absolute atomic E-state index is 0. The molecule has 0 radical (unpaired) electrons. The van der Waals surface area contributed by atoms with Gasteiger partial charge in [-0.3, -0.25) is 14.2 Å². The van der Waals surface area contributed by atoms with Crippen LogP contribution in [0.15, 0.2) is 97.1 Å². The first-order valence-electron chi connectivity index (χ1n) is 16.0. The van der Waals surface area contributed by atoms with Crippen LogP contribution in [0.4, 0.5) is 0 Å². The Morgan fingerprint density at radius 2 is 1.06 bits per heavy atom.